The van der Waals surface area contributed by atoms with Gasteiger partial charge in [0, 0.05) is 0 Å². The van der Waals surface area contributed by atoms with Crippen molar-refractivity contribution in [2.45, 2.75) is 104 Å². The fourth-order valence-electron chi connectivity index (χ4n) is 4.76. The normalized spacial score (nSPS) is 25.5. The van der Waals surface area contributed by atoms with Crippen LogP contribution in [0.3, 0.4) is 0 Å². The summed E-state index contributed by atoms with van der Waals surface area (Å²) in [6, 6.07) is 0. The number of hydrogen-bond donors (Lipinski definition) is 0. The Morgan fingerprint density at radius 3 is 2.00 bits per heavy atom. The molecule has 0 aromatic carbocycles. The quantitative estimate of drug-likeness (QED) is 0.441. The van der Waals surface area contributed by atoms with E-state index in [9.17, 15) is 0 Å². The molecule has 0 heterocycles. The molecule has 2 atom stereocenters. The summed E-state index contributed by atoms with van der Waals surface area (Å²) in [5.41, 5.74) is 0. The zero-order valence-corrected chi connectivity index (χ0v) is 14.2. The molecule has 2 aliphatic carbocycles. The Morgan fingerprint density at radius 2 is 1.35 bits per heavy atom. The maximum absolute atomic E-state index is 2.54. The summed E-state index contributed by atoms with van der Waals surface area (Å²) in [7, 11) is 0. The first-order valence-corrected chi connectivity index (χ1v) is 9.77. The van der Waals surface area contributed by atoms with Crippen molar-refractivity contribution in [1.29, 1.82) is 0 Å². The van der Waals surface area contributed by atoms with Gasteiger partial charge < -0.3 is 0 Å². The largest absolute Gasteiger partial charge is 0.0622 e. The Balaban J connectivity index is 1.55. The molecule has 0 nitrogen and oxygen atoms in total. The summed E-state index contributed by atoms with van der Waals surface area (Å²) in [6.07, 6.45) is 21.2. The zero-order chi connectivity index (χ0) is 14.2. The fourth-order valence-corrected chi connectivity index (χ4v) is 4.76. The second-order valence-corrected chi connectivity index (χ2v) is 8.02. The molecular formula is C20H38. The average Bonchev–Trinajstić information content (AvgIpc) is 2.52. The molecular weight excluding hydrogens is 240 g/mol. The standard InChI is InChI=1S/C20H38/c1-17(18(2)20-15-7-4-8-16-20)11-9-10-14-19-12-5-3-6-13-19/h17-20H,3-16H2,1-2H3. The van der Waals surface area contributed by atoms with E-state index in [1.807, 2.05) is 0 Å². The molecule has 118 valence electrons. The molecule has 2 unspecified atom stereocenters. The van der Waals surface area contributed by atoms with Crippen molar-refractivity contribution in [3.63, 3.8) is 0 Å². The van der Waals surface area contributed by atoms with Crippen LogP contribution in [0.5, 0.6) is 0 Å². The minimum atomic E-state index is 0.962. The van der Waals surface area contributed by atoms with Gasteiger partial charge in [-0.2, -0.15) is 0 Å². The van der Waals surface area contributed by atoms with E-state index in [2.05, 4.69) is 13.8 Å². The molecule has 0 aromatic rings. The Kier molecular flexibility index (Phi) is 7.45. The van der Waals surface area contributed by atoms with Gasteiger partial charge in [-0.1, -0.05) is 104 Å². The topological polar surface area (TPSA) is 0 Å². The summed E-state index contributed by atoms with van der Waals surface area (Å²) >= 11 is 0. The van der Waals surface area contributed by atoms with Gasteiger partial charge in [0.25, 0.3) is 0 Å². The minimum absolute atomic E-state index is 0.962. The molecule has 0 radical (unpaired) electrons. The van der Waals surface area contributed by atoms with Gasteiger partial charge >= 0.3 is 0 Å². The molecule has 0 amide bonds. The fraction of sp³-hybridized carbons (Fsp3) is 1.00. The van der Waals surface area contributed by atoms with Crippen molar-refractivity contribution in [2.75, 3.05) is 0 Å². The smallest absolute Gasteiger partial charge is 0.0386 e. The van der Waals surface area contributed by atoms with Gasteiger partial charge in [-0.25, -0.2) is 0 Å². The lowest BCUT2D eigenvalue weighted by Crippen LogP contribution is -2.21. The third-order valence-corrected chi connectivity index (χ3v) is 6.54. The molecule has 0 heteroatoms. The summed E-state index contributed by atoms with van der Waals surface area (Å²) in [6.45, 7) is 5.07. The Labute approximate surface area is 128 Å². The lowest BCUT2D eigenvalue weighted by Gasteiger charge is -2.32. The Bertz CT molecular complexity index is 232. The molecule has 2 aliphatic rings. The van der Waals surface area contributed by atoms with Crippen molar-refractivity contribution in [2.24, 2.45) is 23.7 Å². The molecule has 0 N–H and O–H groups in total. The van der Waals surface area contributed by atoms with E-state index < -0.39 is 0 Å². The van der Waals surface area contributed by atoms with Gasteiger partial charge in [-0.05, 0) is 23.7 Å². The highest BCUT2D eigenvalue weighted by atomic mass is 14.3. The lowest BCUT2D eigenvalue weighted by molar-refractivity contribution is 0.193. The molecule has 2 rings (SSSR count). The van der Waals surface area contributed by atoms with Gasteiger partial charge in [0.15, 0.2) is 0 Å². The highest BCUT2D eigenvalue weighted by Gasteiger charge is 2.24. The minimum Gasteiger partial charge on any atom is -0.0622 e. The predicted octanol–water partition coefficient (Wildman–Crippen LogP) is 6.98. The predicted molar refractivity (Wildman–Crippen MR) is 89.9 cm³/mol. The van der Waals surface area contributed by atoms with E-state index in [0.717, 1.165) is 23.7 Å². The van der Waals surface area contributed by atoms with Gasteiger partial charge in [-0.3, -0.25) is 0 Å². The molecule has 0 aliphatic heterocycles. The van der Waals surface area contributed by atoms with E-state index in [4.69, 9.17) is 0 Å². The number of rotatable bonds is 7. The maximum atomic E-state index is 2.54. The number of unbranched alkanes of at least 4 members (excludes halogenated alkanes) is 1. The molecule has 0 saturated heterocycles. The van der Waals surface area contributed by atoms with Gasteiger partial charge in [0.1, 0.15) is 0 Å². The van der Waals surface area contributed by atoms with Crippen LogP contribution in [0.4, 0.5) is 0 Å². The second kappa shape index (κ2) is 9.11. The third-order valence-electron chi connectivity index (χ3n) is 6.54. The van der Waals surface area contributed by atoms with Crippen LogP contribution in [0.15, 0.2) is 0 Å². The lowest BCUT2D eigenvalue weighted by atomic mass is 9.74. The van der Waals surface area contributed by atoms with E-state index in [1.165, 1.54) is 89.9 Å². The SMILES string of the molecule is CC(CCCCC1CCCCC1)C(C)C1CCCCC1. The summed E-state index contributed by atoms with van der Waals surface area (Å²) in [4.78, 5) is 0. The van der Waals surface area contributed by atoms with Crippen molar-refractivity contribution in [3.8, 4) is 0 Å². The Hall–Kier alpha value is 0. The first-order chi connectivity index (χ1) is 9.77. The molecule has 0 spiro atoms. The average molecular weight is 279 g/mol. The van der Waals surface area contributed by atoms with E-state index in [-0.39, 0.29) is 0 Å². The van der Waals surface area contributed by atoms with Crippen LogP contribution in [0.25, 0.3) is 0 Å². The molecule has 0 bridgehead atoms. The monoisotopic (exact) mass is 278 g/mol. The highest BCUT2D eigenvalue weighted by molar-refractivity contribution is 4.75. The molecule has 20 heavy (non-hydrogen) atoms. The first kappa shape index (κ1) is 16.4. The summed E-state index contributed by atoms with van der Waals surface area (Å²) in [5.74, 6) is 4.08. The molecule has 2 fully saturated rings. The van der Waals surface area contributed by atoms with Crippen LogP contribution in [-0.2, 0) is 0 Å². The van der Waals surface area contributed by atoms with Crippen molar-refractivity contribution < 1.29 is 0 Å². The van der Waals surface area contributed by atoms with Crippen LogP contribution < -0.4 is 0 Å². The van der Waals surface area contributed by atoms with Crippen LogP contribution in [-0.4, -0.2) is 0 Å². The van der Waals surface area contributed by atoms with Gasteiger partial charge in [0.05, 0.1) is 0 Å². The van der Waals surface area contributed by atoms with E-state index >= 15 is 0 Å². The zero-order valence-electron chi connectivity index (χ0n) is 14.2. The second-order valence-electron chi connectivity index (χ2n) is 8.02. The van der Waals surface area contributed by atoms with Crippen molar-refractivity contribution >= 4 is 0 Å². The van der Waals surface area contributed by atoms with E-state index in [0.29, 0.717) is 0 Å². The maximum Gasteiger partial charge on any atom is -0.0386 e. The molecule has 0 aromatic heterocycles. The summed E-state index contributed by atoms with van der Waals surface area (Å²) in [5, 5.41) is 0. The number of hydrogen-bond acceptors (Lipinski definition) is 0. The van der Waals surface area contributed by atoms with Gasteiger partial charge in [-0.15, -0.1) is 0 Å². The van der Waals surface area contributed by atoms with Crippen LogP contribution >= 0.6 is 0 Å². The van der Waals surface area contributed by atoms with Crippen LogP contribution in [0.1, 0.15) is 104 Å². The first-order valence-electron chi connectivity index (χ1n) is 9.77. The van der Waals surface area contributed by atoms with Crippen LogP contribution in [0, 0.1) is 23.7 Å². The third kappa shape index (κ3) is 5.41. The van der Waals surface area contributed by atoms with Crippen molar-refractivity contribution in [3.05, 3.63) is 0 Å². The van der Waals surface area contributed by atoms with E-state index in [1.54, 1.807) is 0 Å². The van der Waals surface area contributed by atoms with Crippen LogP contribution in [0.2, 0.25) is 0 Å². The highest BCUT2D eigenvalue weighted by Crippen LogP contribution is 2.35. The Morgan fingerprint density at radius 1 is 0.750 bits per heavy atom. The summed E-state index contributed by atoms with van der Waals surface area (Å²) < 4.78 is 0. The van der Waals surface area contributed by atoms with Crippen molar-refractivity contribution in [1.82, 2.24) is 0 Å². The van der Waals surface area contributed by atoms with Gasteiger partial charge in [0.2, 0.25) is 0 Å². The molecule has 2 saturated carbocycles.